The number of ether oxygens (including phenoxy) is 5. The zero-order valence-corrected chi connectivity index (χ0v) is 34.8. The minimum absolute atomic E-state index is 0.223. The molecule has 0 radical (unpaired) electrons. The lowest BCUT2D eigenvalue weighted by Crippen LogP contribution is -2.66. The van der Waals surface area contributed by atoms with Gasteiger partial charge in [-0.3, -0.25) is 19.2 Å². The Morgan fingerprint density at radius 3 is 1.66 bits per heavy atom. The lowest BCUT2D eigenvalue weighted by Gasteiger charge is -2.45. The number of nitrogens with two attached hydrogens (primary N) is 1. The van der Waals surface area contributed by atoms with Gasteiger partial charge in [-0.1, -0.05) is 124 Å². The highest BCUT2D eigenvalue weighted by molar-refractivity contribution is 5.98. The molecule has 2 heterocycles. The first kappa shape index (κ1) is 50.1. The summed E-state index contributed by atoms with van der Waals surface area (Å²) < 4.78 is 28.8. The maximum Gasteiger partial charge on any atom is 0.313 e. The number of aliphatic hydroxyl groups excluding tert-OH is 3. The zero-order chi connectivity index (χ0) is 41.3. The molecule has 0 aliphatic carbocycles. The molecular weight excluding hydrogens is 724 g/mol. The van der Waals surface area contributed by atoms with Crippen LogP contribution in [0.3, 0.4) is 0 Å². The molecule has 2 saturated heterocycles. The third-order valence-corrected chi connectivity index (χ3v) is 11.1. The average molecular weight is 801 g/mol. The quantitative estimate of drug-likeness (QED) is 0.0358. The van der Waals surface area contributed by atoms with Gasteiger partial charge in [-0.25, -0.2) is 0 Å². The van der Waals surface area contributed by atoms with Crippen LogP contribution in [0.5, 0.6) is 0 Å². The summed E-state index contributed by atoms with van der Waals surface area (Å²) in [7, 11) is 1.31. The molecule has 0 spiro atoms. The van der Waals surface area contributed by atoms with Crippen LogP contribution in [0, 0.1) is 5.92 Å². The van der Waals surface area contributed by atoms with Gasteiger partial charge < -0.3 is 50.1 Å². The summed E-state index contributed by atoms with van der Waals surface area (Å²) in [6.07, 6.45) is 10.8. The molecule has 0 bridgehead atoms. The zero-order valence-electron chi connectivity index (χ0n) is 34.8. The van der Waals surface area contributed by atoms with Gasteiger partial charge in [0.25, 0.3) is 0 Å². The third-order valence-electron chi connectivity index (χ3n) is 11.1. The summed E-state index contributed by atoms with van der Waals surface area (Å²) in [5, 5.41) is 34.5. The highest BCUT2D eigenvalue weighted by Gasteiger charge is 2.50. The van der Waals surface area contributed by atoms with Crippen LogP contribution in [0.2, 0.25) is 0 Å². The number of carbonyl (C=O) groups excluding carboxylic acids is 4. The first-order valence-corrected chi connectivity index (χ1v) is 21.7. The lowest BCUT2D eigenvalue weighted by atomic mass is 9.90. The van der Waals surface area contributed by atoms with Gasteiger partial charge in [0, 0.05) is 25.9 Å². The van der Waals surface area contributed by atoms with Crippen molar-refractivity contribution in [1.82, 2.24) is 5.32 Å². The van der Waals surface area contributed by atoms with Crippen molar-refractivity contribution in [1.29, 1.82) is 0 Å². The Morgan fingerprint density at radius 1 is 0.679 bits per heavy atom. The van der Waals surface area contributed by atoms with Crippen molar-refractivity contribution in [3.05, 3.63) is 0 Å². The molecule has 10 atom stereocenters. The fourth-order valence-electron chi connectivity index (χ4n) is 7.43. The van der Waals surface area contributed by atoms with E-state index in [2.05, 4.69) is 19.2 Å². The van der Waals surface area contributed by atoms with Crippen LogP contribution in [0.25, 0.3) is 0 Å². The van der Waals surface area contributed by atoms with Gasteiger partial charge in [-0.15, -0.1) is 0 Å². The van der Waals surface area contributed by atoms with Gasteiger partial charge in [0.2, 0.25) is 5.91 Å². The predicted octanol–water partition coefficient (Wildman–Crippen LogP) is 4.93. The number of Topliss-reactive ketones (excluding diaryl/α,β-unsaturated/α-hetero) is 2. The van der Waals surface area contributed by atoms with Gasteiger partial charge >= 0.3 is 5.97 Å². The number of methoxy groups -OCH3 is 1. The van der Waals surface area contributed by atoms with Crippen LogP contribution in [-0.2, 0) is 42.9 Å². The van der Waals surface area contributed by atoms with E-state index in [-0.39, 0.29) is 37.6 Å². The second-order valence-corrected chi connectivity index (χ2v) is 15.9. The number of ketones is 2. The van der Waals surface area contributed by atoms with E-state index in [1.807, 2.05) is 0 Å². The van der Waals surface area contributed by atoms with Crippen molar-refractivity contribution in [2.24, 2.45) is 11.7 Å². The molecule has 6 N–H and O–H groups in total. The normalized spacial score (nSPS) is 27.9. The number of hydrogen-bond acceptors (Lipinski definition) is 13. The molecule has 0 saturated carbocycles. The number of nitrogens with one attached hydrogen (secondary N) is 1. The number of unbranched alkanes of at least 4 members (excludes halogenated alkanes) is 16. The minimum Gasteiger partial charge on any atom is -0.457 e. The summed E-state index contributed by atoms with van der Waals surface area (Å²) in [6.45, 7) is 5.34. The molecule has 2 aliphatic rings. The molecule has 0 aromatic rings. The topological polar surface area (TPSA) is 213 Å². The van der Waals surface area contributed by atoms with Crippen LogP contribution in [0.1, 0.15) is 162 Å². The second kappa shape index (κ2) is 29.2. The summed E-state index contributed by atoms with van der Waals surface area (Å²) in [6, 6.07) is -2.21. The summed E-state index contributed by atoms with van der Waals surface area (Å²) in [5.41, 5.74) is 6.16. The number of rotatable bonds is 31. The van der Waals surface area contributed by atoms with Gasteiger partial charge in [-0.2, -0.15) is 0 Å². The third kappa shape index (κ3) is 18.7. The second-order valence-electron chi connectivity index (χ2n) is 15.9. The van der Waals surface area contributed by atoms with E-state index < -0.39 is 85.8 Å². The fraction of sp³-hybridized carbons (Fsp3) is 0.905. The number of hydrogen-bond donors (Lipinski definition) is 5. The van der Waals surface area contributed by atoms with Crippen LogP contribution in [0.4, 0.5) is 0 Å². The van der Waals surface area contributed by atoms with Crippen molar-refractivity contribution < 1.29 is 58.2 Å². The van der Waals surface area contributed by atoms with Crippen LogP contribution < -0.4 is 11.1 Å². The molecule has 2 rings (SSSR count). The van der Waals surface area contributed by atoms with Crippen LogP contribution in [-0.4, -0.2) is 114 Å². The largest absolute Gasteiger partial charge is 0.457 e. The highest BCUT2D eigenvalue weighted by atomic mass is 16.7. The van der Waals surface area contributed by atoms with Gasteiger partial charge in [0.1, 0.15) is 36.2 Å². The van der Waals surface area contributed by atoms with E-state index in [1.54, 1.807) is 6.92 Å². The van der Waals surface area contributed by atoms with Crippen molar-refractivity contribution in [2.75, 3.05) is 20.3 Å². The maximum absolute atomic E-state index is 13.2. The highest BCUT2D eigenvalue weighted by Crippen LogP contribution is 2.29. The van der Waals surface area contributed by atoms with Gasteiger partial charge in [0.05, 0.1) is 37.9 Å². The number of carbonyl (C=O) groups is 4. The first-order valence-electron chi connectivity index (χ1n) is 21.7. The lowest BCUT2D eigenvalue weighted by molar-refractivity contribution is -0.294. The maximum atomic E-state index is 13.2. The predicted molar refractivity (Wildman–Crippen MR) is 211 cm³/mol. The fourth-order valence-corrected chi connectivity index (χ4v) is 7.43. The molecule has 2 fully saturated rings. The van der Waals surface area contributed by atoms with Gasteiger partial charge in [-0.05, 0) is 12.8 Å². The molecule has 56 heavy (non-hydrogen) atoms. The Kier molecular flexibility index (Phi) is 26.1. The monoisotopic (exact) mass is 801 g/mol. The van der Waals surface area contributed by atoms with E-state index in [1.165, 1.54) is 71.3 Å². The standard InChI is InChI=1S/C42H76N2O12/c1-5-7-9-11-13-15-17-19-21-23-30(46)25-34(48)44-37-40(56-35(49)26-31(47)24-22-20-18-16-14-12-10-8-6-2)39(51)33(55-42(37)52-4)28-53-41-36(43)38(50)29(3)32(27-45)54-41/h29,32-33,36-42,45,50-51H,5-28,43H2,1-4H3,(H,44,48). The Balaban J connectivity index is 2.01. The van der Waals surface area contributed by atoms with E-state index in [0.29, 0.717) is 12.8 Å². The summed E-state index contributed by atoms with van der Waals surface area (Å²) in [4.78, 5) is 51.8. The molecule has 0 aromatic heterocycles. The molecule has 0 aromatic carbocycles. The Bertz CT molecular complexity index is 1110. The molecule has 14 nitrogen and oxygen atoms in total. The van der Waals surface area contributed by atoms with Gasteiger partial charge in [0.15, 0.2) is 18.7 Å². The van der Waals surface area contributed by atoms with Crippen molar-refractivity contribution >= 4 is 23.4 Å². The molecule has 326 valence electrons. The van der Waals surface area contributed by atoms with E-state index in [0.717, 1.165) is 38.5 Å². The minimum atomic E-state index is -1.59. The summed E-state index contributed by atoms with van der Waals surface area (Å²) >= 11 is 0. The van der Waals surface area contributed by atoms with E-state index in [4.69, 9.17) is 29.4 Å². The number of esters is 1. The van der Waals surface area contributed by atoms with Crippen molar-refractivity contribution in [2.45, 2.75) is 217 Å². The smallest absolute Gasteiger partial charge is 0.313 e. The number of aliphatic hydroxyl groups is 3. The summed E-state index contributed by atoms with van der Waals surface area (Å²) in [5.74, 6) is -2.52. The Labute approximate surface area is 335 Å². The molecular formula is C42H76N2O12. The molecule has 10 unspecified atom stereocenters. The Hall–Kier alpha value is -2.04. The Morgan fingerprint density at radius 2 is 1.16 bits per heavy atom. The van der Waals surface area contributed by atoms with Crippen LogP contribution >= 0.6 is 0 Å². The SMILES string of the molecule is CCCCCCCCCCCC(=O)CC(=O)NC1C(OC)OC(COC2OC(CO)C(C)C(O)C2N)C(O)C1OC(=O)CC(=O)CCCCCCCCCCC. The average Bonchev–Trinajstić information content (AvgIpc) is 3.17. The van der Waals surface area contributed by atoms with Crippen molar-refractivity contribution in [3.63, 3.8) is 0 Å². The molecule has 14 heteroatoms. The van der Waals surface area contributed by atoms with Crippen molar-refractivity contribution in [3.8, 4) is 0 Å². The number of amides is 1. The van der Waals surface area contributed by atoms with E-state index in [9.17, 15) is 34.5 Å². The molecule has 1 amide bonds. The van der Waals surface area contributed by atoms with E-state index >= 15 is 0 Å². The van der Waals surface area contributed by atoms with Crippen LogP contribution in [0.15, 0.2) is 0 Å². The first-order chi connectivity index (χ1) is 27.0. The molecule has 2 aliphatic heterocycles.